The van der Waals surface area contributed by atoms with E-state index in [0.717, 1.165) is 0 Å². The van der Waals surface area contributed by atoms with Crippen molar-refractivity contribution in [2.45, 2.75) is 228 Å². The summed E-state index contributed by atoms with van der Waals surface area (Å²) in [6.45, 7) is -7.54. The van der Waals surface area contributed by atoms with Crippen LogP contribution in [0.5, 0.6) is 0 Å². The summed E-state index contributed by atoms with van der Waals surface area (Å²) in [6.07, 6.45) is -69.1. The summed E-state index contributed by atoms with van der Waals surface area (Å²) >= 11 is 0. The average molecular weight is 1230 g/mol. The molecule has 0 aromatic carbocycles. The van der Waals surface area contributed by atoms with Crippen LogP contribution in [0.15, 0.2) is 5.11 Å². The van der Waals surface area contributed by atoms with E-state index < -0.39 is 261 Å². The summed E-state index contributed by atoms with van der Waals surface area (Å²) in [7, 11) is 0. The van der Waals surface area contributed by atoms with Gasteiger partial charge in [0.2, 0.25) is 0 Å². The Morgan fingerprint density at radius 3 is 0.726 bits per heavy atom. The highest BCUT2D eigenvalue weighted by Gasteiger charge is 2.60. The summed E-state index contributed by atoms with van der Waals surface area (Å²) in [5.41, 5.74) is 8.72. The van der Waals surface area contributed by atoms with Gasteiger partial charge in [0.15, 0.2) is 44.0 Å². The predicted octanol–water partition coefficient (Wildman–Crippen LogP) is -13.1. The summed E-state index contributed by atoms with van der Waals surface area (Å²) in [5, 5.41) is 226. The van der Waals surface area contributed by atoms with Gasteiger partial charge in [-0.15, -0.1) is 0 Å². The molecule has 0 aromatic heterocycles. The van der Waals surface area contributed by atoms with Gasteiger partial charge in [0.25, 0.3) is 0 Å². The maximum atomic E-state index is 12.0. The summed E-state index contributed by atoms with van der Waals surface area (Å²) < 4.78 is 87.1. The van der Waals surface area contributed by atoms with E-state index in [2.05, 4.69) is 10.0 Å². The Bertz CT molecular complexity index is 2060. The number of hydrogen-bond acceptors (Lipinski definition) is 36. The van der Waals surface area contributed by atoms with Crippen molar-refractivity contribution in [2.75, 3.05) is 59.4 Å². The van der Waals surface area contributed by atoms with Crippen molar-refractivity contribution in [3.05, 3.63) is 10.4 Å². The maximum Gasteiger partial charge on any atom is 0.187 e. The monoisotopic (exact) mass is 1230 g/mol. The minimum atomic E-state index is -2.22. The zero-order valence-corrected chi connectivity index (χ0v) is 44.4. The molecule has 15 fully saturated rings. The standard InChI is InChI=1S/C46H77N3O35/c47-49-48-3-1-2-4-70-39-31(69)38-18(11-56)77-46(39)84-37-17(10-55)76-44(30(68)24(37)62)82-35-15(8-53)74-42(28(66)22(35)60)80-33-13(6-51)72-40(26(64)20(33)58)78-32-12(5-50)71-41(25(63)19(32)57)79-34-14(7-52)73-43(27(65)21(34)59)81-36-16(9-54)75-45(83-38)29(67)23(36)61/h12-46,50-69H,1-11H2/t12-,13-,14-,15-,16-,17-,18-,19-,20+,21-,22+,23-,24+,25-,26-,27-,28+,29-,30+,31+,32-,33-,34-,35-,36-,37-,38-,39-,40-,41-,42-,43-,44-,45-,46-/m1/s1. The van der Waals surface area contributed by atoms with Crippen molar-refractivity contribution >= 4 is 0 Å². The van der Waals surface area contributed by atoms with Gasteiger partial charge in [0.05, 0.1) is 46.2 Å². The van der Waals surface area contributed by atoms with E-state index in [1.807, 2.05) is 0 Å². The van der Waals surface area contributed by atoms with Crippen LogP contribution in [0, 0.1) is 0 Å². The van der Waals surface area contributed by atoms with Gasteiger partial charge in [0, 0.05) is 18.1 Å². The Hall–Kier alpha value is -2.09. The molecule has 0 amide bonds. The summed E-state index contributed by atoms with van der Waals surface area (Å²) in [6, 6.07) is 0. The molecule has 15 saturated heterocycles. The normalized spacial score (nSPS) is 51.6. The molecule has 20 N–H and O–H groups in total. The summed E-state index contributed by atoms with van der Waals surface area (Å²) in [4.78, 5) is 2.68. The lowest BCUT2D eigenvalue weighted by Gasteiger charge is -2.50. The van der Waals surface area contributed by atoms with Crippen LogP contribution in [0.4, 0.5) is 0 Å². The van der Waals surface area contributed by atoms with Crippen molar-refractivity contribution in [1.29, 1.82) is 0 Å². The van der Waals surface area contributed by atoms with Crippen molar-refractivity contribution in [3.63, 3.8) is 0 Å². The van der Waals surface area contributed by atoms with Crippen LogP contribution in [0.2, 0.25) is 0 Å². The second-order valence-electron chi connectivity index (χ2n) is 21.2. The van der Waals surface area contributed by atoms with Crippen LogP contribution >= 0.6 is 0 Å². The number of hydrogen-bond donors (Lipinski definition) is 20. The molecule has 15 aliphatic rings. The van der Waals surface area contributed by atoms with Crippen molar-refractivity contribution < 1.29 is 173 Å². The van der Waals surface area contributed by atoms with E-state index in [4.69, 9.17) is 76.6 Å². The SMILES string of the molecule is [N-]=[N+]=NCCCCO[C@H]1[C@H]2O[C@H]3[C@@H](O)[C@H](O)[C@@H](O[C@H]4[C@@H](O)[C@H](O)[C@@H](O[C@H]5[C@@H](O)[C@@H](O)[C@@H](O[C@H]6[C@H](O)[C@@H](O)[C@@H](O[C@H]7[C@H](O)[C@@H](O)[C@@H](O[C@H]8[C@H](O)[C@@H](O)[C@@H](O[C@@H]([C@@H]1O)[C@@H](CO)O2)O[C@@H]8CO)O[C@@H]7CO)O[C@@H]6CO)O[C@@H]5CO)O[C@@H]4CO)O[C@@H]3CO. The van der Waals surface area contributed by atoms with Gasteiger partial charge in [-0.3, -0.25) is 0 Å². The quantitative estimate of drug-likeness (QED) is 0.0352. The zero-order valence-electron chi connectivity index (χ0n) is 44.4. The van der Waals surface area contributed by atoms with E-state index in [1.165, 1.54) is 0 Å². The number of rotatable bonds is 13. The van der Waals surface area contributed by atoms with Gasteiger partial charge >= 0.3 is 0 Å². The first-order chi connectivity index (χ1) is 40.2. The number of unbranched alkanes of at least 4 members (excludes halogenated alkanes) is 1. The number of aliphatic hydroxyl groups is 20. The van der Waals surface area contributed by atoms with Crippen molar-refractivity contribution in [2.24, 2.45) is 5.11 Å². The fraction of sp³-hybridized carbons (Fsp3) is 1.00. The van der Waals surface area contributed by atoms with Crippen LogP contribution in [0.1, 0.15) is 12.8 Å². The van der Waals surface area contributed by atoms with Gasteiger partial charge < -0.3 is 173 Å². The predicted molar refractivity (Wildman–Crippen MR) is 255 cm³/mol. The number of ether oxygens (including phenoxy) is 15. The molecule has 15 heterocycles. The van der Waals surface area contributed by atoms with Gasteiger partial charge in [-0.25, -0.2) is 0 Å². The maximum absolute atomic E-state index is 12.0. The highest BCUT2D eigenvalue weighted by atomic mass is 16.8. The van der Waals surface area contributed by atoms with E-state index >= 15 is 0 Å². The fourth-order valence-electron chi connectivity index (χ4n) is 11.1. The zero-order chi connectivity index (χ0) is 61.0. The van der Waals surface area contributed by atoms with E-state index in [0.29, 0.717) is 0 Å². The minimum Gasteiger partial charge on any atom is -0.394 e. The lowest BCUT2D eigenvalue weighted by atomic mass is 9.95. The number of nitrogens with zero attached hydrogens (tertiary/aromatic N) is 3. The third-order valence-corrected chi connectivity index (χ3v) is 15.8. The van der Waals surface area contributed by atoms with Crippen molar-refractivity contribution in [3.8, 4) is 0 Å². The van der Waals surface area contributed by atoms with Gasteiger partial charge in [-0.1, -0.05) is 5.11 Å². The highest BCUT2D eigenvalue weighted by Crippen LogP contribution is 2.39. The summed E-state index contributed by atoms with van der Waals surface area (Å²) in [5.74, 6) is 0. The molecular formula is C46H77N3O35. The average Bonchev–Trinajstić information content (AvgIpc) is 1.43. The molecule has 0 spiro atoms. The first kappa shape index (κ1) is 67.8. The Balaban J connectivity index is 1.10. The minimum absolute atomic E-state index is 0.0223. The second kappa shape index (κ2) is 30.1. The molecule has 15 rings (SSSR count). The van der Waals surface area contributed by atoms with E-state index in [9.17, 15) is 102 Å². The lowest BCUT2D eigenvalue weighted by molar-refractivity contribution is -0.398. The fourth-order valence-corrected chi connectivity index (χ4v) is 11.1. The largest absolute Gasteiger partial charge is 0.394 e. The topological polar surface area (TPSA) is 592 Å². The van der Waals surface area contributed by atoms with Gasteiger partial charge in [-0.2, -0.15) is 0 Å². The van der Waals surface area contributed by atoms with Crippen LogP contribution in [0.3, 0.4) is 0 Å². The van der Waals surface area contributed by atoms with Gasteiger partial charge in [-0.05, 0) is 18.4 Å². The third-order valence-electron chi connectivity index (χ3n) is 15.8. The second-order valence-corrected chi connectivity index (χ2v) is 21.2. The number of aliphatic hydroxyl groups excluding tert-OH is 20. The molecule has 84 heavy (non-hydrogen) atoms. The number of azide groups is 1. The Kier molecular flexibility index (Phi) is 24.3. The highest BCUT2D eigenvalue weighted by molar-refractivity contribution is 5.02. The van der Waals surface area contributed by atoms with Gasteiger partial charge in [0.1, 0.15) is 171 Å². The first-order valence-corrected chi connectivity index (χ1v) is 27.1. The van der Waals surface area contributed by atoms with Crippen LogP contribution in [-0.2, 0) is 71.1 Å². The molecule has 35 atom stereocenters. The molecule has 0 aliphatic carbocycles. The molecule has 0 radical (unpaired) electrons. The molecule has 0 unspecified atom stereocenters. The molecule has 38 nitrogen and oxygen atoms in total. The Morgan fingerprint density at radius 1 is 0.286 bits per heavy atom. The molecule has 38 heteroatoms. The smallest absolute Gasteiger partial charge is 0.187 e. The lowest BCUT2D eigenvalue weighted by Crippen LogP contribution is -2.68. The van der Waals surface area contributed by atoms with Crippen LogP contribution in [0.25, 0.3) is 10.4 Å². The third kappa shape index (κ3) is 14.1. The molecule has 0 aromatic rings. The molecule has 15 aliphatic heterocycles. The van der Waals surface area contributed by atoms with E-state index in [-0.39, 0.29) is 26.0 Å². The molecule has 0 saturated carbocycles. The number of fused-ring (bicyclic) bond motifs is 7. The van der Waals surface area contributed by atoms with Crippen LogP contribution in [-0.4, -0.2) is 376 Å². The molecule has 486 valence electrons. The molecular weight excluding hydrogens is 1150 g/mol. The van der Waals surface area contributed by atoms with Crippen LogP contribution < -0.4 is 0 Å². The first-order valence-electron chi connectivity index (χ1n) is 27.1. The molecule has 14 bridgehead atoms. The Morgan fingerprint density at radius 2 is 0.500 bits per heavy atom. The van der Waals surface area contributed by atoms with E-state index in [1.54, 1.807) is 0 Å². The Labute approximate surface area is 475 Å². The van der Waals surface area contributed by atoms with Crippen molar-refractivity contribution in [1.82, 2.24) is 0 Å².